The molecular formula is C17H18N2O5S. The molecular weight excluding hydrogens is 344 g/mol. The van der Waals surface area contributed by atoms with E-state index in [0.29, 0.717) is 25.4 Å². The summed E-state index contributed by atoms with van der Waals surface area (Å²) in [6.07, 6.45) is 0.765. The average Bonchev–Trinajstić information content (AvgIpc) is 3.08. The van der Waals surface area contributed by atoms with Crippen LogP contribution in [-0.2, 0) is 13.0 Å². The van der Waals surface area contributed by atoms with Gasteiger partial charge in [0, 0.05) is 24.0 Å². The van der Waals surface area contributed by atoms with Crippen molar-refractivity contribution in [2.45, 2.75) is 19.9 Å². The van der Waals surface area contributed by atoms with E-state index in [1.165, 1.54) is 24.1 Å². The highest BCUT2D eigenvalue weighted by Gasteiger charge is 2.30. The molecule has 3 rings (SSSR count). The predicted molar refractivity (Wildman–Crippen MR) is 93.6 cm³/mol. The summed E-state index contributed by atoms with van der Waals surface area (Å²) in [5, 5.41) is 13.5. The maximum absolute atomic E-state index is 12.9. The SMILES string of the molecule is CCOc1cc([N+](=O)[O-])c(C(=O)N2CCc3sccc3C2)cc1OC. The van der Waals surface area contributed by atoms with Crippen molar-refractivity contribution < 1.29 is 19.2 Å². The van der Waals surface area contributed by atoms with E-state index < -0.39 is 4.92 Å². The standard InChI is InChI=1S/C17H18N2O5S/c1-3-24-15-9-13(19(21)22)12(8-14(15)23-2)17(20)18-6-4-16-11(10-18)5-7-25-16/h5,7-9H,3-4,6,10H2,1-2H3. The predicted octanol–water partition coefficient (Wildman–Crippen LogP) is 3.26. The van der Waals surface area contributed by atoms with Crippen LogP contribution in [0.1, 0.15) is 27.7 Å². The van der Waals surface area contributed by atoms with Crippen LogP contribution in [0.4, 0.5) is 5.69 Å². The third-order valence-corrected chi connectivity index (χ3v) is 5.13. The van der Waals surface area contributed by atoms with Crippen LogP contribution < -0.4 is 9.47 Å². The van der Waals surface area contributed by atoms with Crippen molar-refractivity contribution in [3.05, 3.63) is 49.7 Å². The van der Waals surface area contributed by atoms with E-state index in [-0.39, 0.29) is 22.9 Å². The Bertz CT molecular complexity index is 817. The quantitative estimate of drug-likeness (QED) is 0.602. The summed E-state index contributed by atoms with van der Waals surface area (Å²) in [5.41, 5.74) is 0.847. The van der Waals surface area contributed by atoms with Crippen LogP contribution in [0.2, 0.25) is 0 Å². The van der Waals surface area contributed by atoms with Crippen molar-refractivity contribution in [3.8, 4) is 11.5 Å². The number of carbonyl (C=O) groups is 1. The van der Waals surface area contributed by atoms with Crippen molar-refractivity contribution in [1.29, 1.82) is 0 Å². The minimum absolute atomic E-state index is 0.0176. The van der Waals surface area contributed by atoms with Crippen molar-refractivity contribution >= 4 is 22.9 Å². The number of ether oxygens (including phenoxy) is 2. The lowest BCUT2D eigenvalue weighted by molar-refractivity contribution is -0.385. The molecule has 2 aromatic rings. The second kappa shape index (κ2) is 7.10. The zero-order chi connectivity index (χ0) is 18.0. The Morgan fingerprint density at radius 3 is 2.88 bits per heavy atom. The number of methoxy groups -OCH3 is 1. The molecule has 1 aliphatic rings. The Balaban J connectivity index is 1.97. The van der Waals surface area contributed by atoms with Crippen LogP contribution in [-0.4, -0.2) is 36.0 Å². The molecule has 0 unspecified atom stereocenters. The van der Waals surface area contributed by atoms with Gasteiger partial charge in [0.2, 0.25) is 0 Å². The molecule has 25 heavy (non-hydrogen) atoms. The van der Waals surface area contributed by atoms with Crippen molar-refractivity contribution in [2.75, 3.05) is 20.3 Å². The maximum Gasteiger partial charge on any atom is 0.286 e. The highest BCUT2D eigenvalue weighted by atomic mass is 32.1. The molecule has 0 spiro atoms. The highest BCUT2D eigenvalue weighted by Crippen LogP contribution is 2.36. The lowest BCUT2D eigenvalue weighted by Crippen LogP contribution is -2.35. The average molecular weight is 362 g/mol. The lowest BCUT2D eigenvalue weighted by Gasteiger charge is -2.27. The summed E-state index contributed by atoms with van der Waals surface area (Å²) in [5.74, 6) is 0.195. The third-order valence-electron chi connectivity index (χ3n) is 4.10. The molecule has 0 N–H and O–H groups in total. The van der Waals surface area contributed by atoms with Gasteiger partial charge in [0.25, 0.3) is 11.6 Å². The van der Waals surface area contributed by atoms with Crippen LogP contribution in [0.3, 0.4) is 0 Å². The molecule has 0 fully saturated rings. The van der Waals surface area contributed by atoms with Crippen molar-refractivity contribution in [3.63, 3.8) is 0 Å². The van der Waals surface area contributed by atoms with E-state index in [1.807, 2.05) is 11.4 Å². The second-order valence-corrected chi connectivity index (χ2v) is 6.56. The maximum atomic E-state index is 12.9. The number of nitrogens with zero attached hydrogens (tertiary/aromatic N) is 2. The van der Waals surface area contributed by atoms with Crippen molar-refractivity contribution in [1.82, 2.24) is 4.90 Å². The number of hydrogen-bond donors (Lipinski definition) is 0. The van der Waals surface area contributed by atoms with Crippen LogP contribution >= 0.6 is 11.3 Å². The molecule has 2 heterocycles. The van der Waals surface area contributed by atoms with Gasteiger partial charge < -0.3 is 14.4 Å². The molecule has 0 saturated heterocycles. The molecule has 132 valence electrons. The Morgan fingerprint density at radius 2 is 2.20 bits per heavy atom. The Morgan fingerprint density at radius 1 is 1.40 bits per heavy atom. The molecule has 1 amide bonds. The molecule has 1 aromatic carbocycles. The van der Waals surface area contributed by atoms with Crippen molar-refractivity contribution in [2.24, 2.45) is 0 Å². The normalized spacial score (nSPS) is 13.3. The second-order valence-electron chi connectivity index (χ2n) is 5.56. The number of thiophene rings is 1. The summed E-state index contributed by atoms with van der Waals surface area (Å²) in [4.78, 5) is 26.7. The number of nitro groups is 1. The first-order chi connectivity index (χ1) is 12.0. The lowest BCUT2D eigenvalue weighted by atomic mass is 10.1. The van der Waals surface area contributed by atoms with Crippen LogP contribution in [0.25, 0.3) is 0 Å². The molecule has 8 heteroatoms. The summed E-state index contributed by atoms with van der Waals surface area (Å²) >= 11 is 1.67. The highest BCUT2D eigenvalue weighted by molar-refractivity contribution is 7.10. The zero-order valence-electron chi connectivity index (χ0n) is 14.0. The van der Waals surface area contributed by atoms with Gasteiger partial charge in [0.05, 0.1) is 24.7 Å². The molecule has 0 aliphatic carbocycles. The molecule has 0 saturated carbocycles. The van der Waals surface area contributed by atoms with Crippen LogP contribution in [0, 0.1) is 10.1 Å². The monoisotopic (exact) mass is 362 g/mol. The minimum atomic E-state index is -0.560. The first-order valence-corrected chi connectivity index (χ1v) is 8.76. The summed E-state index contributed by atoms with van der Waals surface area (Å²) in [7, 11) is 1.44. The molecule has 0 atom stereocenters. The third kappa shape index (κ3) is 3.30. The molecule has 1 aromatic heterocycles. The van der Waals surface area contributed by atoms with Gasteiger partial charge in [-0.3, -0.25) is 14.9 Å². The van der Waals surface area contributed by atoms with E-state index >= 15 is 0 Å². The number of nitro benzene ring substituents is 1. The van der Waals surface area contributed by atoms with E-state index in [9.17, 15) is 14.9 Å². The Kier molecular flexibility index (Phi) is 4.89. The molecule has 7 nitrogen and oxygen atoms in total. The molecule has 1 aliphatic heterocycles. The first kappa shape index (κ1) is 17.2. The fraction of sp³-hybridized carbons (Fsp3) is 0.353. The van der Waals surface area contributed by atoms with Gasteiger partial charge in [-0.05, 0) is 30.4 Å². The fourth-order valence-corrected chi connectivity index (χ4v) is 3.78. The zero-order valence-corrected chi connectivity index (χ0v) is 14.8. The fourth-order valence-electron chi connectivity index (χ4n) is 2.89. The number of carbonyl (C=O) groups excluding carboxylic acids is 1. The number of amides is 1. The topological polar surface area (TPSA) is 81.9 Å². The summed E-state index contributed by atoms with van der Waals surface area (Å²) < 4.78 is 10.6. The number of rotatable bonds is 5. The van der Waals surface area contributed by atoms with Gasteiger partial charge in [0.1, 0.15) is 5.56 Å². The summed E-state index contributed by atoms with van der Waals surface area (Å²) in [6, 6.07) is 4.65. The van der Waals surface area contributed by atoms with E-state index in [1.54, 1.807) is 23.2 Å². The number of hydrogen-bond acceptors (Lipinski definition) is 6. The van der Waals surface area contributed by atoms with Gasteiger partial charge >= 0.3 is 0 Å². The van der Waals surface area contributed by atoms with Gasteiger partial charge in [-0.15, -0.1) is 11.3 Å². The van der Waals surface area contributed by atoms with Gasteiger partial charge in [-0.2, -0.15) is 0 Å². The first-order valence-electron chi connectivity index (χ1n) is 7.88. The molecule has 0 radical (unpaired) electrons. The smallest absolute Gasteiger partial charge is 0.286 e. The number of benzene rings is 1. The van der Waals surface area contributed by atoms with E-state index in [4.69, 9.17) is 9.47 Å². The van der Waals surface area contributed by atoms with Crippen LogP contribution in [0.15, 0.2) is 23.6 Å². The Hall–Kier alpha value is -2.61. The van der Waals surface area contributed by atoms with Gasteiger partial charge in [0.15, 0.2) is 11.5 Å². The minimum Gasteiger partial charge on any atom is -0.493 e. The number of fused-ring (bicyclic) bond motifs is 1. The Labute approximate surface area is 148 Å². The van der Waals surface area contributed by atoms with Gasteiger partial charge in [-0.25, -0.2) is 0 Å². The van der Waals surface area contributed by atoms with E-state index in [2.05, 4.69) is 0 Å². The van der Waals surface area contributed by atoms with Gasteiger partial charge in [-0.1, -0.05) is 0 Å². The largest absolute Gasteiger partial charge is 0.493 e. The van der Waals surface area contributed by atoms with Crippen LogP contribution in [0.5, 0.6) is 11.5 Å². The van der Waals surface area contributed by atoms with E-state index in [0.717, 1.165) is 12.0 Å². The summed E-state index contributed by atoms with van der Waals surface area (Å²) in [6.45, 7) is 3.12. The molecule has 0 bridgehead atoms.